The molecule has 0 saturated carbocycles. The minimum atomic E-state index is -0.386. The van der Waals surface area contributed by atoms with E-state index in [0.717, 1.165) is 5.56 Å². The topological polar surface area (TPSA) is 51.2 Å². The molecule has 0 saturated heterocycles. The van der Waals surface area contributed by atoms with Crippen molar-refractivity contribution in [2.24, 2.45) is 0 Å². The van der Waals surface area contributed by atoms with Crippen LogP contribution >= 0.6 is 0 Å². The molecule has 1 N–H and O–H groups in total. The quantitative estimate of drug-likeness (QED) is 0.758. The number of halogens is 1. The van der Waals surface area contributed by atoms with Crippen LogP contribution in [0.1, 0.15) is 21.5 Å². The van der Waals surface area contributed by atoms with E-state index in [1.807, 2.05) is 19.1 Å². The highest BCUT2D eigenvalue weighted by molar-refractivity contribution is 5.94. The van der Waals surface area contributed by atoms with Crippen LogP contribution in [0.15, 0.2) is 66.9 Å². The molecule has 1 aromatic heterocycles. The van der Waals surface area contributed by atoms with Gasteiger partial charge in [-0.3, -0.25) is 4.79 Å². The molecule has 0 bridgehead atoms. The first-order chi connectivity index (χ1) is 12.1. The van der Waals surface area contributed by atoms with Gasteiger partial charge in [-0.25, -0.2) is 9.37 Å². The Hall–Kier alpha value is -3.21. The summed E-state index contributed by atoms with van der Waals surface area (Å²) in [4.78, 5) is 16.4. The number of amides is 1. The number of carbonyl (C=O) groups excluding carboxylic acids is 1. The molecule has 0 unspecified atom stereocenters. The second kappa shape index (κ2) is 7.57. The number of aryl methyl sites for hydroxylation is 1. The largest absolute Gasteiger partial charge is 0.439 e. The molecule has 1 heterocycles. The molecule has 0 atom stereocenters. The van der Waals surface area contributed by atoms with Crippen molar-refractivity contribution < 1.29 is 13.9 Å². The molecule has 5 heteroatoms. The third-order valence-electron chi connectivity index (χ3n) is 3.61. The van der Waals surface area contributed by atoms with E-state index >= 15 is 0 Å². The monoisotopic (exact) mass is 336 g/mol. The highest BCUT2D eigenvalue weighted by Crippen LogP contribution is 2.23. The molecule has 4 nitrogen and oxygen atoms in total. The second-order valence-electron chi connectivity index (χ2n) is 5.58. The molecule has 0 aliphatic carbocycles. The van der Waals surface area contributed by atoms with Crippen molar-refractivity contribution in [1.29, 1.82) is 0 Å². The van der Waals surface area contributed by atoms with Crippen molar-refractivity contribution in [3.05, 3.63) is 89.4 Å². The Kier molecular flexibility index (Phi) is 5.04. The first-order valence-electron chi connectivity index (χ1n) is 7.84. The number of pyridine rings is 1. The lowest BCUT2D eigenvalue weighted by Crippen LogP contribution is -2.23. The van der Waals surface area contributed by atoms with E-state index in [1.165, 1.54) is 12.1 Å². The van der Waals surface area contributed by atoms with Gasteiger partial charge in [-0.05, 0) is 37.3 Å². The molecule has 3 rings (SSSR count). The summed E-state index contributed by atoms with van der Waals surface area (Å²) in [5.74, 6) is 0.116. The Morgan fingerprint density at radius 3 is 2.68 bits per heavy atom. The van der Waals surface area contributed by atoms with Crippen LogP contribution in [0.25, 0.3) is 0 Å². The third-order valence-corrected chi connectivity index (χ3v) is 3.61. The average molecular weight is 336 g/mol. The number of hydrogen-bond acceptors (Lipinski definition) is 3. The second-order valence-corrected chi connectivity index (χ2v) is 5.58. The van der Waals surface area contributed by atoms with Crippen LogP contribution in [0.2, 0.25) is 0 Å². The molecule has 0 radical (unpaired) electrons. The summed E-state index contributed by atoms with van der Waals surface area (Å²) in [5, 5.41) is 2.84. The molecule has 2 aromatic carbocycles. The van der Waals surface area contributed by atoms with E-state index in [9.17, 15) is 9.18 Å². The normalized spacial score (nSPS) is 10.3. The number of rotatable bonds is 5. The number of ether oxygens (including phenoxy) is 1. The van der Waals surface area contributed by atoms with Gasteiger partial charge >= 0.3 is 0 Å². The Morgan fingerprint density at radius 1 is 1.12 bits per heavy atom. The van der Waals surface area contributed by atoms with Gasteiger partial charge in [-0.1, -0.05) is 29.8 Å². The fourth-order valence-corrected chi connectivity index (χ4v) is 2.28. The van der Waals surface area contributed by atoms with E-state index in [2.05, 4.69) is 10.3 Å². The summed E-state index contributed by atoms with van der Waals surface area (Å²) < 4.78 is 18.9. The van der Waals surface area contributed by atoms with Gasteiger partial charge in [0.1, 0.15) is 11.6 Å². The van der Waals surface area contributed by atoms with Crippen molar-refractivity contribution >= 4 is 5.91 Å². The maximum absolute atomic E-state index is 13.3. The predicted molar refractivity (Wildman–Crippen MR) is 93.1 cm³/mol. The molecule has 1 amide bonds. The molecular formula is C20H17FN2O2. The number of aromatic nitrogens is 1. The summed E-state index contributed by atoms with van der Waals surface area (Å²) in [6.45, 7) is 2.22. The lowest BCUT2D eigenvalue weighted by atomic mass is 10.1. The van der Waals surface area contributed by atoms with Crippen LogP contribution in [0, 0.1) is 12.7 Å². The first kappa shape index (κ1) is 16.6. The fraction of sp³-hybridized carbons (Fsp3) is 0.100. The molecule has 0 fully saturated rings. The van der Waals surface area contributed by atoms with Gasteiger partial charge in [-0.15, -0.1) is 0 Å². The van der Waals surface area contributed by atoms with E-state index < -0.39 is 0 Å². The minimum absolute atomic E-state index is 0.180. The highest BCUT2D eigenvalue weighted by atomic mass is 19.1. The van der Waals surface area contributed by atoms with E-state index in [1.54, 1.807) is 42.6 Å². The zero-order valence-corrected chi connectivity index (χ0v) is 13.7. The van der Waals surface area contributed by atoms with E-state index in [-0.39, 0.29) is 18.3 Å². The van der Waals surface area contributed by atoms with Gasteiger partial charge in [0.2, 0.25) is 5.88 Å². The maximum Gasteiger partial charge on any atom is 0.251 e. The number of nitrogens with zero attached hydrogens (tertiary/aromatic N) is 1. The van der Waals surface area contributed by atoms with Crippen molar-refractivity contribution in [2.75, 3.05) is 0 Å². The summed E-state index contributed by atoms with van der Waals surface area (Å²) >= 11 is 0. The van der Waals surface area contributed by atoms with Gasteiger partial charge in [0.25, 0.3) is 5.91 Å². The summed E-state index contributed by atoms with van der Waals surface area (Å²) in [6, 6.07) is 16.7. The Balaban J connectivity index is 1.70. The average Bonchev–Trinajstić information content (AvgIpc) is 2.61. The SMILES string of the molecule is Cc1ccc(C(=O)NCc2cccnc2Oc2cccc(F)c2)cc1. The zero-order chi connectivity index (χ0) is 17.6. The number of carbonyl (C=O) groups is 1. The summed E-state index contributed by atoms with van der Waals surface area (Å²) in [6.07, 6.45) is 1.58. The van der Waals surface area contributed by atoms with Gasteiger partial charge in [0, 0.05) is 29.9 Å². The smallest absolute Gasteiger partial charge is 0.251 e. The molecule has 0 aliphatic heterocycles. The molecule has 126 valence electrons. The number of hydrogen-bond donors (Lipinski definition) is 1. The molecule has 0 spiro atoms. The van der Waals surface area contributed by atoms with Gasteiger partial charge in [0.15, 0.2) is 0 Å². The highest BCUT2D eigenvalue weighted by Gasteiger charge is 2.10. The van der Waals surface area contributed by atoms with Crippen LogP contribution in [0.5, 0.6) is 11.6 Å². The fourth-order valence-electron chi connectivity index (χ4n) is 2.28. The van der Waals surface area contributed by atoms with Crippen molar-refractivity contribution in [1.82, 2.24) is 10.3 Å². The zero-order valence-electron chi connectivity index (χ0n) is 13.7. The number of nitrogens with one attached hydrogen (secondary N) is 1. The van der Waals surface area contributed by atoms with Gasteiger partial charge < -0.3 is 10.1 Å². The molecule has 0 aliphatic rings. The molecule has 25 heavy (non-hydrogen) atoms. The Labute approximate surface area is 145 Å². The number of benzene rings is 2. The molecule has 3 aromatic rings. The Morgan fingerprint density at radius 2 is 1.92 bits per heavy atom. The minimum Gasteiger partial charge on any atom is -0.439 e. The Bertz CT molecular complexity index is 879. The van der Waals surface area contributed by atoms with Crippen LogP contribution in [-0.2, 0) is 6.54 Å². The van der Waals surface area contributed by atoms with E-state index in [0.29, 0.717) is 22.8 Å². The predicted octanol–water partition coefficient (Wildman–Crippen LogP) is 4.25. The van der Waals surface area contributed by atoms with Crippen molar-refractivity contribution in [3.8, 4) is 11.6 Å². The third kappa shape index (κ3) is 4.41. The van der Waals surface area contributed by atoms with Crippen LogP contribution in [-0.4, -0.2) is 10.9 Å². The first-order valence-corrected chi connectivity index (χ1v) is 7.84. The lowest BCUT2D eigenvalue weighted by Gasteiger charge is -2.11. The standard InChI is InChI=1S/C20H17FN2O2/c1-14-7-9-15(10-8-14)19(24)23-13-16-4-3-11-22-20(16)25-18-6-2-5-17(21)12-18/h2-12H,13H2,1H3,(H,23,24). The van der Waals surface area contributed by atoms with Gasteiger partial charge in [0.05, 0.1) is 0 Å². The van der Waals surface area contributed by atoms with Crippen LogP contribution < -0.4 is 10.1 Å². The summed E-state index contributed by atoms with van der Waals surface area (Å²) in [7, 11) is 0. The lowest BCUT2D eigenvalue weighted by molar-refractivity contribution is 0.0950. The van der Waals surface area contributed by atoms with Crippen LogP contribution in [0.4, 0.5) is 4.39 Å². The van der Waals surface area contributed by atoms with Crippen molar-refractivity contribution in [2.45, 2.75) is 13.5 Å². The van der Waals surface area contributed by atoms with Gasteiger partial charge in [-0.2, -0.15) is 0 Å². The molecular weight excluding hydrogens is 319 g/mol. The summed E-state index contributed by atoms with van der Waals surface area (Å²) in [5.41, 5.74) is 2.38. The van der Waals surface area contributed by atoms with E-state index in [4.69, 9.17) is 4.74 Å². The maximum atomic E-state index is 13.3. The van der Waals surface area contributed by atoms with Crippen LogP contribution in [0.3, 0.4) is 0 Å². The van der Waals surface area contributed by atoms with Crippen molar-refractivity contribution in [3.63, 3.8) is 0 Å².